The van der Waals surface area contributed by atoms with Crippen molar-refractivity contribution in [2.45, 2.75) is 51.2 Å². The van der Waals surface area contributed by atoms with E-state index in [0.29, 0.717) is 17.5 Å². The standard InChI is InChI=1S/C22H33N3O2S/c1-17-7-6-8-18(2)22(17)23-20(26)15-24-11-13-25(14-12-24)21(27)16-28-19-9-4-3-5-10-19/h6-8,19H,3-5,9-16H2,1-2H3,(H,23,26). The highest BCUT2D eigenvalue weighted by Gasteiger charge is 2.24. The SMILES string of the molecule is Cc1cccc(C)c1NC(=O)CN1CCN(C(=O)CSC2CCCCC2)CC1. The van der Waals surface area contributed by atoms with Crippen LogP contribution in [0.25, 0.3) is 0 Å². The number of aryl methyl sites for hydroxylation is 2. The zero-order chi connectivity index (χ0) is 19.9. The summed E-state index contributed by atoms with van der Waals surface area (Å²) in [5, 5.41) is 3.73. The van der Waals surface area contributed by atoms with Crippen LogP contribution in [0.15, 0.2) is 18.2 Å². The first-order chi connectivity index (χ1) is 13.5. The smallest absolute Gasteiger partial charge is 0.238 e. The zero-order valence-corrected chi connectivity index (χ0v) is 18.0. The third kappa shape index (κ3) is 5.98. The van der Waals surface area contributed by atoms with Crippen molar-refractivity contribution >= 4 is 29.3 Å². The molecule has 0 spiro atoms. The van der Waals surface area contributed by atoms with Crippen LogP contribution < -0.4 is 5.32 Å². The van der Waals surface area contributed by atoms with Crippen LogP contribution in [0.4, 0.5) is 5.69 Å². The van der Waals surface area contributed by atoms with Gasteiger partial charge in [-0.15, -0.1) is 11.8 Å². The molecule has 1 aliphatic carbocycles. The second-order valence-corrected chi connectivity index (χ2v) is 9.33. The van der Waals surface area contributed by atoms with E-state index in [9.17, 15) is 9.59 Å². The third-order valence-corrected chi connectivity index (χ3v) is 7.19. The van der Waals surface area contributed by atoms with Gasteiger partial charge >= 0.3 is 0 Å². The van der Waals surface area contributed by atoms with E-state index in [1.165, 1.54) is 32.1 Å². The second kappa shape index (κ2) is 10.3. The van der Waals surface area contributed by atoms with Crippen LogP contribution in [0, 0.1) is 13.8 Å². The van der Waals surface area contributed by atoms with Crippen molar-refractivity contribution in [2.24, 2.45) is 0 Å². The highest BCUT2D eigenvalue weighted by Crippen LogP contribution is 2.28. The average Bonchev–Trinajstić information content (AvgIpc) is 2.70. The quantitative estimate of drug-likeness (QED) is 0.790. The molecule has 3 rings (SSSR count). The molecule has 28 heavy (non-hydrogen) atoms. The predicted molar refractivity (Wildman–Crippen MR) is 117 cm³/mol. The van der Waals surface area contributed by atoms with Gasteiger partial charge in [-0.05, 0) is 37.8 Å². The van der Waals surface area contributed by atoms with Gasteiger partial charge in [0.1, 0.15) is 0 Å². The lowest BCUT2D eigenvalue weighted by atomic mass is 10.0. The number of carbonyl (C=O) groups excluding carboxylic acids is 2. The maximum Gasteiger partial charge on any atom is 0.238 e. The van der Waals surface area contributed by atoms with Gasteiger partial charge < -0.3 is 10.2 Å². The summed E-state index contributed by atoms with van der Waals surface area (Å²) in [6, 6.07) is 6.03. The number of piperazine rings is 1. The minimum Gasteiger partial charge on any atom is -0.339 e. The number of hydrogen-bond acceptors (Lipinski definition) is 4. The van der Waals surface area contributed by atoms with Crippen molar-refractivity contribution in [1.29, 1.82) is 0 Å². The molecule has 2 amide bonds. The Labute approximate surface area is 173 Å². The number of nitrogens with zero attached hydrogens (tertiary/aromatic N) is 2. The summed E-state index contributed by atoms with van der Waals surface area (Å²) in [4.78, 5) is 29.0. The molecule has 1 N–H and O–H groups in total. The number of rotatable bonds is 6. The molecule has 1 aliphatic heterocycles. The molecule has 6 heteroatoms. The van der Waals surface area contributed by atoms with Gasteiger partial charge in [-0.25, -0.2) is 0 Å². The van der Waals surface area contributed by atoms with E-state index in [2.05, 4.69) is 10.2 Å². The first-order valence-electron chi connectivity index (χ1n) is 10.5. The third-order valence-electron chi connectivity index (χ3n) is 5.83. The van der Waals surface area contributed by atoms with Crippen LogP contribution in [-0.4, -0.2) is 65.3 Å². The number of hydrogen-bond donors (Lipinski definition) is 1. The Hall–Kier alpha value is -1.53. The summed E-state index contributed by atoms with van der Waals surface area (Å²) in [7, 11) is 0. The monoisotopic (exact) mass is 403 g/mol. The lowest BCUT2D eigenvalue weighted by molar-refractivity contribution is -0.130. The van der Waals surface area contributed by atoms with Crippen molar-refractivity contribution in [2.75, 3.05) is 43.8 Å². The summed E-state index contributed by atoms with van der Waals surface area (Å²) in [5.41, 5.74) is 3.08. The molecular formula is C22H33N3O2S. The minimum atomic E-state index is 0.0185. The number of para-hydroxylation sites is 1. The van der Waals surface area contributed by atoms with E-state index in [1.54, 1.807) is 0 Å². The molecule has 1 saturated carbocycles. The van der Waals surface area contributed by atoms with Crippen LogP contribution in [0.3, 0.4) is 0 Å². The lowest BCUT2D eigenvalue weighted by Crippen LogP contribution is -2.51. The maximum absolute atomic E-state index is 12.5. The summed E-state index contributed by atoms with van der Waals surface area (Å²) in [5.74, 6) is 0.887. The fourth-order valence-corrected chi connectivity index (χ4v) is 5.29. The number of benzene rings is 1. The van der Waals surface area contributed by atoms with E-state index in [4.69, 9.17) is 0 Å². The summed E-state index contributed by atoms with van der Waals surface area (Å²) in [6.45, 7) is 7.38. The molecule has 1 aromatic carbocycles. The van der Waals surface area contributed by atoms with E-state index in [1.807, 2.05) is 48.7 Å². The summed E-state index contributed by atoms with van der Waals surface area (Å²) < 4.78 is 0. The van der Waals surface area contributed by atoms with Crippen LogP contribution in [0.1, 0.15) is 43.2 Å². The van der Waals surface area contributed by atoms with Crippen molar-refractivity contribution in [3.8, 4) is 0 Å². The zero-order valence-electron chi connectivity index (χ0n) is 17.2. The molecule has 0 radical (unpaired) electrons. The average molecular weight is 404 g/mol. The molecule has 2 aliphatic rings. The van der Waals surface area contributed by atoms with Gasteiger partial charge in [0, 0.05) is 37.1 Å². The van der Waals surface area contributed by atoms with Gasteiger partial charge in [0.15, 0.2) is 0 Å². The molecule has 0 unspecified atom stereocenters. The van der Waals surface area contributed by atoms with Crippen molar-refractivity contribution in [3.63, 3.8) is 0 Å². The summed E-state index contributed by atoms with van der Waals surface area (Å²) in [6.07, 6.45) is 6.51. The molecule has 0 aromatic heterocycles. The van der Waals surface area contributed by atoms with Crippen LogP contribution in [0.2, 0.25) is 0 Å². The van der Waals surface area contributed by atoms with Gasteiger partial charge in [-0.3, -0.25) is 14.5 Å². The Bertz CT molecular complexity index is 660. The molecule has 0 atom stereocenters. The number of anilines is 1. The molecule has 1 aromatic rings. The van der Waals surface area contributed by atoms with Gasteiger partial charge in [-0.1, -0.05) is 37.5 Å². The van der Waals surface area contributed by atoms with Crippen LogP contribution in [-0.2, 0) is 9.59 Å². The van der Waals surface area contributed by atoms with Gasteiger partial charge in [0.05, 0.1) is 12.3 Å². The van der Waals surface area contributed by atoms with Gasteiger partial charge in [-0.2, -0.15) is 0 Å². The molecule has 154 valence electrons. The van der Waals surface area contributed by atoms with E-state index in [-0.39, 0.29) is 11.8 Å². The Morgan fingerprint density at radius 1 is 1.04 bits per heavy atom. The first-order valence-corrected chi connectivity index (χ1v) is 11.6. The van der Waals surface area contributed by atoms with Crippen LogP contribution in [0.5, 0.6) is 0 Å². The van der Waals surface area contributed by atoms with Crippen molar-refractivity contribution in [1.82, 2.24) is 9.80 Å². The Morgan fingerprint density at radius 2 is 1.68 bits per heavy atom. The topological polar surface area (TPSA) is 52.7 Å². The molecular weight excluding hydrogens is 370 g/mol. The molecule has 0 bridgehead atoms. The molecule has 1 heterocycles. The molecule has 2 fully saturated rings. The number of amides is 2. The lowest BCUT2D eigenvalue weighted by Gasteiger charge is -2.34. The largest absolute Gasteiger partial charge is 0.339 e. The normalized spacial score (nSPS) is 18.9. The van der Waals surface area contributed by atoms with Crippen molar-refractivity contribution in [3.05, 3.63) is 29.3 Å². The number of nitrogens with one attached hydrogen (secondary N) is 1. The molecule has 1 saturated heterocycles. The van der Waals surface area contributed by atoms with Crippen molar-refractivity contribution < 1.29 is 9.59 Å². The molecule has 5 nitrogen and oxygen atoms in total. The fourth-order valence-electron chi connectivity index (χ4n) is 4.06. The highest BCUT2D eigenvalue weighted by atomic mass is 32.2. The number of thioether (sulfide) groups is 1. The predicted octanol–water partition coefficient (Wildman–Crippen LogP) is 3.45. The van der Waals surface area contributed by atoms with Crippen LogP contribution >= 0.6 is 11.8 Å². The number of carbonyl (C=O) groups is 2. The van der Waals surface area contributed by atoms with E-state index in [0.717, 1.165) is 43.0 Å². The summed E-state index contributed by atoms with van der Waals surface area (Å²) >= 11 is 1.85. The van der Waals surface area contributed by atoms with Gasteiger partial charge in [0.25, 0.3) is 0 Å². The first kappa shape index (κ1) is 21.2. The minimum absolute atomic E-state index is 0.0185. The van der Waals surface area contributed by atoms with Gasteiger partial charge in [0.2, 0.25) is 11.8 Å². The fraction of sp³-hybridized carbons (Fsp3) is 0.636. The Balaban J connectivity index is 1.38. The second-order valence-electron chi connectivity index (χ2n) is 8.04. The maximum atomic E-state index is 12.5. The Kier molecular flexibility index (Phi) is 7.80. The van der Waals surface area contributed by atoms with E-state index >= 15 is 0 Å². The highest BCUT2D eigenvalue weighted by molar-refractivity contribution is 8.00. The van der Waals surface area contributed by atoms with E-state index < -0.39 is 0 Å². The Morgan fingerprint density at radius 3 is 2.32 bits per heavy atom.